The molecule has 3 rings (SSSR count). The zero-order valence-corrected chi connectivity index (χ0v) is 13.5. The van der Waals surface area contributed by atoms with Crippen LogP contribution in [0.25, 0.3) is 0 Å². The Kier molecular flexibility index (Phi) is 3.94. The lowest BCUT2D eigenvalue weighted by atomic mass is 9.88. The molecule has 1 N–H and O–H groups in total. The molecule has 1 aliphatic rings. The normalized spacial score (nSPS) is 18.1. The van der Waals surface area contributed by atoms with Gasteiger partial charge in [0.15, 0.2) is 0 Å². The number of aromatic nitrogens is 1. The Balaban J connectivity index is 1.65. The van der Waals surface area contributed by atoms with Gasteiger partial charge >= 0.3 is 0 Å². The lowest BCUT2D eigenvalue weighted by Crippen LogP contribution is -2.34. The van der Waals surface area contributed by atoms with E-state index in [0.29, 0.717) is 6.04 Å². The van der Waals surface area contributed by atoms with Gasteiger partial charge in [0.1, 0.15) is 5.76 Å². The number of rotatable bonds is 3. The number of aryl methyl sites for hydroxylation is 3. The second kappa shape index (κ2) is 5.70. The van der Waals surface area contributed by atoms with Crippen LogP contribution >= 0.6 is 15.9 Å². The van der Waals surface area contributed by atoms with Crippen molar-refractivity contribution in [2.75, 3.05) is 0 Å². The van der Waals surface area contributed by atoms with E-state index >= 15 is 0 Å². The number of nitrogens with one attached hydrogen (secondary N) is 1. The molecule has 1 aromatic heterocycles. The van der Waals surface area contributed by atoms with Crippen LogP contribution in [0.2, 0.25) is 0 Å². The van der Waals surface area contributed by atoms with Crippen LogP contribution in [0.4, 0.5) is 0 Å². The van der Waals surface area contributed by atoms with Gasteiger partial charge in [0, 0.05) is 22.6 Å². The first-order valence-corrected chi connectivity index (χ1v) is 7.85. The molecule has 0 saturated heterocycles. The lowest BCUT2D eigenvalue weighted by Gasteiger charge is -2.25. The molecule has 3 nitrogen and oxygen atoms in total. The third-order valence-electron chi connectivity index (χ3n) is 4.15. The Labute approximate surface area is 127 Å². The maximum atomic E-state index is 5.21. The molecule has 1 unspecified atom stereocenters. The van der Waals surface area contributed by atoms with Crippen molar-refractivity contribution in [3.05, 3.63) is 50.8 Å². The molecule has 1 aliphatic carbocycles. The molecule has 0 aliphatic heterocycles. The van der Waals surface area contributed by atoms with Crippen LogP contribution in [-0.4, -0.2) is 11.2 Å². The second-order valence-electron chi connectivity index (χ2n) is 5.54. The minimum absolute atomic E-state index is 0.539. The van der Waals surface area contributed by atoms with Gasteiger partial charge in [-0.2, -0.15) is 0 Å². The van der Waals surface area contributed by atoms with Crippen molar-refractivity contribution >= 4 is 15.9 Å². The van der Waals surface area contributed by atoms with Crippen LogP contribution in [0.3, 0.4) is 0 Å². The Morgan fingerprint density at radius 1 is 1.35 bits per heavy atom. The fraction of sp³-hybridized carbons (Fsp3) is 0.438. The van der Waals surface area contributed by atoms with Gasteiger partial charge in [-0.3, -0.25) is 0 Å². The van der Waals surface area contributed by atoms with Crippen LogP contribution in [0, 0.1) is 13.8 Å². The minimum atomic E-state index is 0.539. The fourth-order valence-electron chi connectivity index (χ4n) is 2.90. The van der Waals surface area contributed by atoms with Gasteiger partial charge in [-0.25, -0.2) is 0 Å². The second-order valence-corrected chi connectivity index (χ2v) is 6.45. The molecule has 20 heavy (non-hydrogen) atoms. The Morgan fingerprint density at radius 3 is 2.95 bits per heavy atom. The van der Waals surface area contributed by atoms with Crippen LogP contribution in [-0.2, 0) is 19.4 Å². The van der Waals surface area contributed by atoms with Crippen LogP contribution in [0.15, 0.2) is 27.2 Å². The molecular formula is C16H19BrN2O. The molecule has 1 aromatic carbocycles. The summed E-state index contributed by atoms with van der Waals surface area (Å²) < 4.78 is 6.39. The topological polar surface area (TPSA) is 38.1 Å². The molecule has 2 aromatic rings. The number of benzene rings is 1. The number of halogens is 1. The van der Waals surface area contributed by atoms with Gasteiger partial charge in [-0.1, -0.05) is 27.2 Å². The quantitative estimate of drug-likeness (QED) is 0.929. The molecular weight excluding hydrogens is 316 g/mol. The summed E-state index contributed by atoms with van der Waals surface area (Å²) in [4.78, 5) is 0. The van der Waals surface area contributed by atoms with Crippen molar-refractivity contribution < 1.29 is 4.52 Å². The summed E-state index contributed by atoms with van der Waals surface area (Å²) in [6.45, 7) is 4.82. The van der Waals surface area contributed by atoms with Crippen molar-refractivity contribution in [1.29, 1.82) is 0 Å². The Bertz CT molecular complexity index is 601. The molecule has 0 amide bonds. The van der Waals surface area contributed by atoms with Gasteiger partial charge < -0.3 is 9.84 Å². The molecule has 0 fully saturated rings. The third-order valence-corrected chi connectivity index (χ3v) is 4.64. The van der Waals surface area contributed by atoms with E-state index in [2.05, 4.69) is 44.6 Å². The lowest BCUT2D eigenvalue weighted by molar-refractivity contribution is 0.390. The highest BCUT2D eigenvalue weighted by Crippen LogP contribution is 2.25. The zero-order chi connectivity index (χ0) is 14.1. The predicted molar refractivity (Wildman–Crippen MR) is 82.8 cm³/mol. The number of fused-ring (bicyclic) bond motifs is 1. The van der Waals surface area contributed by atoms with Crippen LogP contribution < -0.4 is 5.32 Å². The maximum Gasteiger partial charge on any atom is 0.138 e. The molecule has 1 atom stereocenters. The van der Waals surface area contributed by atoms with Crippen LogP contribution in [0.5, 0.6) is 0 Å². The molecule has 4 heteroatoms. The van der Waals surface area contributed by atoms with Crippen molar-refractivity contribution in [2.45, 2.75) is 45.7 Å². The van der Waals surface area contributed by atoms with E-state index in [-0.39, 0.29) is 0 Å². The Morgan fingerprint density at radius 2 is 2.20 bits per heavy atom. The number of hydrogen-bond acceptors (Lipinski definition) is 3. The summed E-state index contributed by atoms with van der Waals surface area (Å²) >= 11 is 3.55. The van der Waals surface area contributed by atoms with E-state index in [4.69, 9.17) is 4.52 Å². The highest BCUT2D eigenvalue weighted by molar-refractivity contribution is 9.10. The molecule has 0 bridgehead atoms. The van der Waals surface area contributed by atoms with Gasteiger partial charge in [0.25, 0.3) is 0 Å². The van der Waals surface area contributed by atoms with Crippen molar-refractivity contribution in [1.82, 2.24) is 10.5 Å². The van der Waals surface area contributed by atoms with E-state index in [1.807, 2.05) is 13.8 Å². The minimum Gasteiger partial charge on any atom is -0.361 e. The van der Waals surface area contributed by atoms with Gasteiger partial charge in [0.05, 0.1) is 5.69 Å². The number of hydrogen-bond donors (Lipinski definition) is 1. The van der Waals surface area contributed by atoms with Crippen molar-refractivity contribution in [3.63, 3.8) is 0 Å². The molecule has 0 radical (unpaired) electrons. The summed E-state index contributed by atoms with van der Waals surface area (Å²) in [5.74, 6) is 0.926. The molecule has 1 heterocycles. The maximum absolute atomic E-state index is 5.21. The first kappa shape index (κ1) is 13.8. The van der Waals surface area contributed by atoms with E-state index in [0.717, 1.165) is 30.8 Å². The molecule has 106 valence electrons. The highest BCUT2D eigenvalue weighted by Gasteiger charge is 2.19. The van der Waals surface area contributed by atoms with Gasteiger partial charge in [-0.15, -0.1) is 0 Å². The smallest absolute Gasteiger partial charge is 0.138 e. The average Bonchev–Trinajstić information content (AvgIpc) is 2.76. The summed E-state index contributed by atoms with van der Waals surface area (Å²) in [7, 11) is 0. The van der Waals surface area contributed by atoms with E-state index < -0.39 is 0 Å². The van der Waals surface area contributed by atoms with Crippen molar-refractivity contribution in [3.8, 4) is 0 Å². The fourth-order valence-corrected chi connectivity index (χ4v) is 3.31. The number of nitrogens with zero attached hydrogens (tertiary/aromatic N) is 1. The molecule has 0 saturated carbocycles. The zero-order valence-electron chi connectivity index (χ0n) is 11.9. The largest absolute Gasteiger partial charge is 0.361 e. The average molecular weight is 335 g/mol. The summed E-state index contributed by atoms with van der Waals surface area (Å²) in [5.41, 5.74) is 5.15. The summed E-state index contributed by atoms with van der Waals surface area (Å²) in [5, 5.41) is 7.65. The SMILES string of the molecule is Cc1noc(C)c1CNC1CCc2cc(Br)ccc2C1. The van der Waals surface area contributed by atoms with Crippen molar-refractivity contribution in [2.24, 2.45) is 0 Å². The van der Waals surface area contributed by atoms with Gasteiger partial charge in [0.2, 0.25) is 0 Å². The summed E-state index contributed by atoms with van der Waals surface area (Å²) in [6, 6.07) is 7.16. The van der Waals surface area contributed by atoms with Crippen LogP contribution in [0.1, 0.15) is 34.6 Å². The summed E-state index contributed by atoms with van der Waals surface area (Å²) in [6.07, 6.45) is 3.44. The highest BCUT2D eigenvalue weighted by atomic mass is 79.9. The van der Waals surface area contributed by atoms with E-state index in [1.54, 1.807) is 0 Å². The first-order valence-electron chi connectivity index (χ1n) is 7.06. The van der Waals surface area contributed by atoms with E-state index in [1.165, 1.54) is 27.6 Å². The van der Waals surface area contributed by atoms with Gasteiger partial charge in [-0.05, 0) is 56.4 Å². The Hall–Kier alpha value is -1.13. The predicted octanol–water partition coefficient (Wildman–Crippen LogP) is 3.70. The standard InChI is InChI=1S/C16H19BrN2O/c1-10-16(11(2)20-19-10)9-18-15-6-4-12-7-14(17)5-3-13(12)8-15/h3,5,7,15,18H,4,6,8-9H2,1-2H3. The third kappa shape index (κ3) is 2.81. The monoisotopic (exact) mass is 334 g/mol. The molecule has 0 spiro atoms. The van der Waals surface area contributed by atoms with E-state index in [9.17, 15) is 0 Å². The first-order chi connectivity index (χ1) is 9.63.